The molecule has 0 saturated heterocycles. The Hall–Kier alpha value is -1.21. The monoisotopic (exact) mass is 380 g/mol. The maximum absolute atomic E-state index is 12.5. The average Bonchev–Trinajstić information content (AvgIpc) is 2.87. The molecule has 0 unspecified atom stereocenters. The number of allylic oxidation sites excluding steroid dienone is 2. The number of esters is 1. The second-order valence-corrected chi connectivity index (χ2v) is 8.44. The molecule has 0 bridgehead atoms. The molecule has 0 aromatic heterocycles. The van der Waals surface area contributed by atoms with E-state index in [0.29, 0.717) is 6.42 Å². The number of hydrogen-bond donors (Lipinski definition) is 4. The van der Waals surface area contributed by atoms with Crippen molar-refractivity contribution in [3.8, 4) is 0 Å². The highest BCUT2D eigenvalue weighted by molar-refractivity contribution is 5.89. The Kier molecular flexibility index (Phi) is 6.41. The highest BCUT2D eigenvalue weighted by Crippen LogP contribution is 2.49. The quantitative estimate of drug-likeness (QED) is 0.423. The maximum atomic E-state index is 12.5. The summed E-state index contributed by atoms with van der Waals surface area (Å²) < 4.78 is 5.14. The van der Waals surface area contributed by atoms with Gasteiger partial charge in [-0.25, -0.2) is 4.79 Å². The molecule has 3 aliphatic carbocycles. The molecule has 0 aromatic carbocycles. The average molecular weight is 380 g/mol. The summed E-state index contributed by atoms with van der Waals surface area (Å²) in [7, 11) is 0. The van der Waals surface area contributed by atoms with Gasteiger partial charge in [-0.2, -0.15) is 0 Å². The molecular formula is C21H32O6. The van der Waals surface area contributed by atoms with Crippen molar-refractivity contribution in [3.05, 3.63) is 23.8 Å². The van der Waals surface area contributed by atoms with E-state index in [4.69, 9.17) is 4.74 Å². The molecule has 0 spiro atoms. The first-order valence-electron chi connectivity index (χ1n) is 10.1. The number of ether oxygens (including phenoxy) is 1. The van der Waals surface area contributed by atoms with Crippen molar-refractivity contribution >= 4 is 5.97 Å². The predicted octanol–water partition coefficient (Wildman–Crippen LogP) is 1.18. The van der Waals surface area contributed by atoms with Crippen molar-refractivity contribution in [2.75, 3.05) is 6.61 Å². The van der Waals surface area contributed by atoms with Crippen LogP contribution in [0.25, 0.3) is 0 Å². The van der Waals surface area contributed by atoms with Gasteiger partial charge in [-0.1, -0.05) is 25.2 Å². The van der Waals surface area contributed by atoms with Crippen LogP contribution in [0.3, 0.4) is 0 Å². The van der Waals surface area contributed by atoms with Gasteiger partial charge in [-0.15, -0.1) is 0 Å². The zero-order valence-electron chi connectivity index (χ0n) is 16.1. The summed E-state index contributed by atoms with van der Waals surface area (Å²) >= 11 is 0. The second-order valence-electron chi connectivity index (χ2n) is 8.44. The Balaban J connectivity index is 2.00. The van der Waals surface area contributed by atoms with E-state index in [1.165, 1.54) is 0 Å². The number of carbonyl (C=O) groups is 1. The van der Waals surface area contributed by atoms with Crippen LogP contribution in [0.4, 0.5) is 0 Å². The van der Waals surface area contributed by atoms with Gasteiger partial charge in [0.05, 0.1) is 36.6 Å². The summed E-state index contributed by atoms with van der Waals surface area (Å²) in [4.78, 5) is 12.5. The summed E-state index contributed by atoms with van der Waals surface area (Å²) in [6.45, 7) is 3.95. The van der Waals surface area contributed by atoms with E-state index in [-0.39, 0.29) is 54.6 Å². The van der Waals surface area contributed by atoms with Crippen LogP contribution >= 0.6 is 0 Å². The Morgan fingerprint density at radius 1 is 1.04 bits per heavy atom. The molecule has 152 valence electrons. The Morgan fingerprint density at radius 2 is 1.74 bits per heavy atom. The molecule has 6 heteroatoms. The number of rotatable bonds is 2. The molecule has 27 heavy (non-hydrogen) atoms. The number of aliphatic hydroxyl groups is 4. The van der Waals surface area contributed by atoms with Gasteiger partial charge in [0.15, 0.2) is 0 Å². The normalized spacial score (nSPS) is 46.7. The van der Waals surface area contributed by atoms with Crippen LogP contribution in [0.5, 0.6) is 0 Å². The Morgan fingerprint density at radius 3 is 2.44 bits per heavy atom. The molecule has 3 aliphatic rings. The lowest BCUT2D eigenvalue weighted by Gasteiger charge is -2.38. The lowest BCUT2D eigenvalue weighted by Crippen LogP contribution is -2.36. The third-order valence-corrected chi connectivity index (χ3v) is 6.51. The van der Waals surface area contributed by atoms with Crippen LogP contribution in [0.15, 0.2) is 23.8 Å². The van der Waals surface area contributed by atoms with Gasteiger partial charge in [0, 0.05) is 12.3 Å². The molecule has 1 fully saturated rings. The summed E-state index contributed by atoms with van der Waals surface area (Å²) in [6, 6.07) is 0. The van der Waals surface area contributed by atoms with Crippen molar-refractivity contribution in [2.24, 2.45) is 29.6 Å². The van der Waals surface area contributed by atoms with Crippen LogP contribution in [0.2, 0.25) is 0 Å². The Bertz CT molecular complexity index is 599. The predicted molar refractivity (Wildman–Crippen MR) is 99.5 cm³/mol. The van der Waals surface area contributed by atoms with Crippen LogP contribution < -0.4 is 0 Å². The zero-order valence-corrected chi connectivity index (χ0v) is 16.1. The minimum Gasteiger partial charge on any atom is -0.463 e. The first kappa shape index (κ1) is 20.5. The SMILES string of the molecule is CCOC(=O)/C1=C/[C@@H]2[C@H]3C[C@H](C)[C@H](O)[C@H]3C=C[C@@H]2C[C@@H](O)C[C@@H](O)C[C@@H]1O. The molecule has 4 N–H and O–H groups in total. The fourth-order valence-electron chi connectivity index (χ4n) is 5.17. The van der Waals surface area contributed by atoms with Crippen LogP contribution in [-0.4, -0.2) is 57.4 Å². The van der Waals surface area contributed by atoms with Crippen LogP contribution in [0, 0.1) is 29.6 Å². The van der Waals surface area contributed by atoms with Gasteiger partial charge in [-0.05, 0) is 49.9 Å². The number of aliphatic hydroxyl groups excluding tert-OH is 4. The smallest absolute Gasteiger partial charge is 0.336 e. The highest BCUT2D eigenvalue weighted by Gasteiger charge is 2.46. The van der Waals surface area contributed by atoms with Gasteiger partial charge in [0.25, 0.3) is 0 Å². The minimum absolute atomic E-state index is 0.0118. The van der Waals surface area contributed by atoms with Crippen molar-refractivity contribution in [1.29, 1.82) is 0 Å². The molecule has 6 nitrogen and oxygen atoms in total. The fraction of sp³-hybridized carbons (Fsp3) is 0.762. The molecule has 0 amide bonds. The molecular weight excluding hydrogens is 348 g/mol. The summed E-state index contributed by atoms with van der Waals surface area (Å²) in [5, 5.41) is 41.7. The number of carbonyl (C=O) groups excluding carboxylic acids is 1. The molecule has 0 aliphatic heterocycles. The van der Waals surface area contributed by atoms with E-state index in [1.54, 1.807) is 13.0 Å². The maximum Gasteiger partial charge on any atom is 0.336 e. The summed E-state index contributed by atoms with van der Waals surface area (Å²) in [6.07, 6.45) is 4.20. The first-order valence-corrected chi connectivity index (χ1v) is 10.1. The lowest BCUT2D eigenvalue weighted by atomic mass is 9.68. The van der Waals surface area contributed by atoms with Crippen molar-refractivity contribution < 1.29 is 30.0 Å². The molecule has 9 atom stereocenters. The molecule has 3 rings (SSSR count). The van der Waals surface area contributed by atoms with Gasteiger partial charge in [0.2, 0.25) is 0 Å². The van der Waals surface area contributed by atoms with Gasteiger partial charge >= 0.3 is 5.97 Å². The van der Waals surface area contributed by atoms with E-state index in [1.807, 2.05) is 19.1 Å². The largest absolute Gasteiger partial charge is 0.463 e. The lowest BCUT2D eigenvalue weighted by molar-refractivity contribution is -0.140. The molecule has 0 radical (unpaired) electrons. The zero-order chi connectivity index (χ0) is 19.7. The van der Waals surface area contributed by atoms with Gasteiger partial charge in [-0.3, -0.25) is 0 Å². The van der Waals surface area contributed by atoms with Crippen LogP contribution in [-0.2, 0) is 9.53 Å². The van der Waals surface area contributed by atoms with Gasteiger partial charge in [0.1, 0.15) is 0 Å². The highest BCUT2D eigenvalue weighted by atomic mass is 16.5. The number of fused-ring (bicyclic) bond motifs is 3. The summed E-state index contributed by atoms with van der Waals surface area (Å²) in [5.74, 6) is -0.314. The Labute approximate surface area is 160 Å². The van der Waals surface area contributed by atoms with E-state index in [0.717, 1.165) is 6.42 Å². The van der Waals surface area contributed by atoms with E-state index in [2.05, 4.69) is 0 Å². The van der Waals surface area contributed by atoms with Gasteiger partial charge < -0.3 is 25.2 Å². The van der Waals surface area contributed by atoms with Crippen LogP contribution in [0.1, 0.15) is 39.5 Å². The third kappa shape index (κ3) is 4.29. The molecule has 0 aromatic rings. The minimum atomic E-state index is -1.14. The molecule has 1 saturated carbocycles. The van der Waals surface area contributed by atoms with E-state index in [9.17, 15) is 25.2 Å². The third-order valence-electron chi connectivity index (χ3n) is 6.51. The second kappa shape index (κ2) is 8.43. The van der Waals surface area contributed by atoms with E-state index >= 15 is 0 Å². The first-order chi connectivity index (χ1) is 12.8. The number of hydrogen-bond acceptors (Lipinski definition) is 6. The standard InChI is InChI=1S/C21H32O6/c1-3-27-21(26)18-10-16-12(7-13(22)8-14(23)9-19(18)24)4-5-15-17(16)6-11(2)20(15)25/h4-5,10-17,19-20,22-25H,3,6-9H2,1-2H3/b18-10+/t11-,12+,13+,14+,15-,16-,17-,19-,20-/m0/s1. The fourth-order valence-corrected chi connectivity index (χ4v) is 5.17. The van der Waals surface area contributed by atoms with E-state index < -0.39 is 30.4 Å². The van der Waals surface area contributed by atoms with Crippen molar-refractivity contribution in [2.45, 2.75) is 63.9 Å². The molecule has 0 heterocycles. The topological polar surface area (TPSA) is 107 Å². The van der Waals surface area contributed by atoms with Crippen molar-refractivity contribution in [1.82, 2.24) is 0 Å². The van der Waals surface area contributed by atoms with Crippen molar-refractivity contribution in [3.63, 3.8) is 0 Å². The summed E-state index contributed by atoms with van der Waals surface area (Å²) in [5.41, 5.74) is 0.186.